The van der Waals surface area contributed by atoms with Crippen LogP contribution in [-0.4, -0.2) is 13.0 Å². The van der Waals surface area contributed by atoms with Crippen molar-refractivity contribution in [3.05, 3.63) is 69.0 Å². The Bertz CT molecular complexity index is 1090. The van der Waals surface area contributed by atoms with Gasteiger partial charge in [-0.1, -0.05) is 11.6 Å². The number of alkyl halides is 3. The predicted molar refractivity (Wildman–Crippen MR) is 93.4 cm³/mol. The molecular formula is C18H11ClF3NO4. The van der Waals surface area contributed by atoms with Crippen LogP contribution in [0.2, 0.25) is 5.02 Å². The fourth-order valence-corrected chi connectivity index (χ4v) is 2.61. The Morgan fingerprint density at radius 3 is 2.56 bits per heavy atom. The molecule has 0 aliphatic rings. The number of hydrogen-bond acceptors (Lipinski definition) is 4. The highest BCUT2D eigenvalue weighted by Gasteiger charge is 2.31. The molecule has 1 heterocycles. The fraction of sp³-hybridized carbons (Fsp3) is 0.111. The minimum Gasteiger partial charge on any atom is -0.497 e. The van der Waals surface area contributed by atoms with Crippen molar-refractivity contribution in [1.29, 1.82) is 0 Å². The van der Waals surface area contributed by atoms with Crippen molar-refractivity contribution >= 4 is 34.2 Å². The van der Waals surface area contributed by atoms with Gasteiger partial charge in [-0.05, 0) is 30.3 Å². The van der Waals surface area contributed by atoms with Gasteiger partial charge in [-0.15, -0.1) is 0 Å². The molecule has 0 aliphatic carbocycles. The van der Waals surface area contributed by atoms with E-state index in [1.165, 1.54) is 19.2 Å². The van der Waals surface area contributed by atoms with Crippen LogP contribution in [-0.2, 0) is 6.18 Å². The van der Waals surface area contributed by atoms with Gasteiger partial charge in [0, 0.05) is 17.5 Å². The first-order valence-corrected chi connectivity index (χ1v) is 7.87. The summed E-state index contributed by atoms with van der Waals surface area (Å²) >= 11 is 5.89. The molecule has 3 rings (SSSR count). The first-order valence-electron chi connectivity index (χ1n) is 7.49. The van der Waals surface area contributed by atoms with Crippen LogP contribution < -0.4 is 15.7 Å². The topological polar surface area (TPSA) is 68.5 Å². The number of anilines is 1. The van der Waals surface area contributed by atoms with E-state index >= 15 is 0 Å². The zero-order valence-corrected chi connectivity index (χ0v) is 14.4. The SMILES string of the molecule is COc1ccc2c(C(=O)Nc3cc(C(F)(F)F)ccc3Cl)cc(=O)oc2c1. The van der Waals surface area contributed by atoms with E-state index in [0.717, 1.165) is 24.3 Å². The second-order valence-corrected chi connectivity index (χ2v) is 5.89. The normalized spacial score (nSPS) is 11.4. The van der Waals surface area contributed by atoms with Crippen molar-refractivity contribution in [3.8, 4) is 5.75 Å². The fourth-order valence-electron chi connectivity index (χ4n) is 2.44. The molecule has 0 spiro atoms. The third-order valence-electron chi connectivity index (χ3n) is 3.74. The molecule has 0 aliphatic heterocycles. The van der Waals surface area contributed by atoms with E-state index in [4.69, 9.17) is 20.8 Å². The number of benzene rings is 2. The highest BCUT2D eigenvalue weighted by atomic mass is 35.5. The van der Waals surface area contributed by atoms with Gasteiger partial charge >= 0.3 is 11.8 Å². The van der Waals surface area contributed by atoms with Crippen molar-refractivity contribution in [1.82, 2.24) is 0 Å². The Labute approximate surface area is 155 Å². The third-order valence-corrected chi connectivity index (χ3v) is 4.07. The van der Waals surface area contributed by atoms with Crippen LogP contribution in [0.5, 0.6) is 5.75 Å². The molecule has 140 valence electrons. The summed E-state index contributed by atoms with van der Waals surface area (Å²) in [6, 6.07) is 7.97. The monoisotopic (exact) mass is 397 g/mol. The smallest absolute Gasteiger partial charge is 0.416 e. The van der Waals surface area contributed by atoms with Crippen LogP contribution in [0, 0.1) is 0 Å². The predicted octanol–water partition coefficient (Wildman–Crippen LogP) is 4.73. The number of carbonyl (C=O) groups is 1. The van der Waals surface area contributed by atoms with Gasteiger partial charge in [-0.3, -0.25) is 4.79 Å². The van der Waals surface area contributed by atoms with Gasteiger partial charge in [0.15, 0.2) is 0 Å². The minimum absolute atomic E-state index is 0.0719. The van der Waals surface area contributed by atoms with Gasteiger partial charge < -0.3 is 14.5 Å². The molecule has 0 saturated heterocycles. The molecule has 2 aromatic carbocycles. The van der Waals surface area contributed by atoms with E-state index in [0.29, 0.717) is 5.75 Å². The molecule has 0 bridgehead atoms. The summed E-state index contributed by atoms with van der Waals surface area (Å²) in [6.07, 6.45) is -4.60. The second kappa shape index (κ2) is 6.96. The molecule has 9 heteroatoms. The number of halogens is 4. The van der Waals surface area contributed by atoms with Crippen LogP contribution in [0.1, 0.15) is 15.9 Å². The van der Waals surface area contributed by atoms with Crippen LogP contribution in [0.4, 0.5) is 18.9 Å². The Morgan fingerprint density at radius 2 is 1.89 bits per heavy atom. The number of carbonyl (C=O) groups excluding carboxylic acids is 1. The number of rotatable bonds is 3. The zero-order valence-electron chi connectivity index (χ0n) is 13.7. The van der Waals surface area contributed by atoms with Crippen LogP contribution in [0.3, 0.4) is 0 Å². The number of nitrogens with one attached hydrogen (secondary N) is 1. The first kappa shape index (κ1) is 18.8. The van der Waals surface area contributed by atoms with Gasteiger partial charge in [0.25, 0.3) is 5.91 Å². The third kappa shape index (κ3) is 3.90. The Kier molecular flexibility index (Phi) is 4.84. The number of amides is 1. The largest absolute Gasteiger partial charge is 0.497 e. The lowest BCUT2D eigenvalue weighted by molar-refractivity contribution is -0.137. The number of ether oxygens (including phenoxy) is 1. The van der Waals surface area contributed by atoms with Crippen LogP contribution >= 0.6 is 11.6 Å². The van der Waals surface area contributed by atoms with Gasteiger partial charge in [0.1, 0.15) is 11.3 Å². The molecule has 1 aromatic heterocycles. The first-order chi connectivity index (χ1) is 12.7. The maximum Gasteiger partial charge on any atom is 0.416 e. The molecule has 0 fully saturated rings. The summed E-state index contributed by atoms with van der Waals surface area (Å²) in [7, 11) is 1.42. The van der Waals surface area contributed by atoms with Crippen molar-refractivity contribution in [2.24, 2.45) is 0 Å². The number of hydrogen-bond donors (Lipinski definition) is 1. The zero-order chi connectivity index (χ0) is 19.8. The van der Waals surface area contributed by atoms with Crippen molar-refractivity contribution in [2.45, 2.75) is 6.18 Å². The molecule has 5 nitrogen and oxygen atoms in total. The summed E-state index contributed by atoms with van der Waals surface area (Å²) in [5, 5.41) is 2.51. The van der Waals surface area contributed by atoms with Gasteiger partial charge in [-0.2, -0.15) is 13.2 Å². The maximum atomic E-state index is 12.9. The van der Waals surface area contributed by atoms with Crippen molar-refractivity contribution in [3.63, 3.8) is 0 Å². The summed E-state index contributed by atoms with van der Waals surface area (Å²) < 4.78 is 48.7. The summed E-state index contributed by atoms with van der Waals surface area (Å²) in [4.78, 5) is 24.3. The molecule has 1 amide bonds. The van der Waals surface area contributed by atoms with E-state index in [1.807, 2.05) is 0 Å². The Hall–Kier alpha value is -3.00. The number of fused-ring (bicyclic) bond motifs is 1. The maximum absolute atomic E-state index is 12.9. The van der Waals surface area contributed by atoms with Crippen LogP contribution in [0.25, 0.3) is 11.0 Å². The standard InChI is InChI=1S/C18H11ClF3NO4/c1-26-10-3-4-11-12(8-16(24)27-15(11)7-10)17(25)23-14-6-9(18(20,21)22)2-5-13(14)19/h2-8H,1H3,(H,23,25). The van der Waals surface area contributed by atoms with E-state index in [2.05, 4.69) is 5.32 Å². The second-order valence-electron chi connectivity index (χ2n) is 5.49. The highest BCUT2D eigenvalue weighted by molar-refractivity contribution is 6.34. The van der Waals surface area contributed by atoms with E-state index in [9.17, 15) is 22.8 Å². The van der Waals surface area contributed by atoms with Crippen LogP contribution in [0.15, 0.2) is 51.7 Å². The molecule has 0 radical (unpaired) electrons. The molecule has 0 unspecified atom stereocenters. The Morgan fingerprint density at radius 1 is 1.15 bits per heavy atom. The molecule has 3 aromatic rings. The lowest BCUT2D eigenvalue weighted by Crippen LogP contribution is -2.16. The quantitative estimate of drug-likeness (QED) is 0.649. The average Bonchev–Trinajstić information content (AvgIpc) is 2.61. The lowest BCUT2D eigenvalue weighted by Gasteiger charge is -2.12. The van der Waals surface area contributed by atoms with E-state index in [1.54, 1.807) is 6.07 Å². The molecule has 1 N–H and O–H groups in total. The summed E-state index contributed by atoms with van der Waals surface area (Å²) in [5.41, 5.74) is -1.97. The minimum atomic E-state index is -4.60. The molecule has 0 saturated carbocycles. The van der Waals surface area contributed by atoms with E-state index in [-0.39, 0.29) is 27.2 Å². The van der Waals surface area contributed by atoms with Crippen molar-refractivity contribution < 1.29 is 27.1 Å². The van der Waals surface area contributed by atoms with Crippen molar-refractivity contribution in [2.75, 3.05) is 12.4 Å². The molecular weight excluding hydrogens is 387 g/mol. The highest BCUT2D eigenvalue weighted by Crippen LogP contribution is 2.34. The lowest BCUT2D eigenvalue weighted by atomic mass is 10.1. The molecule has 27 heavy (non-hydrogen) atoms. The summed E-state index contributed by atoms with van der Waals surface area (Å²) in [5.74, 6) is -0.400. The van der Waals surface area contributed by atoms with Gasteiger partial charge in [0.05, 0.1) is 28.9 Å². The number of methoxy groups -OCH3 is 1. The average molecular weight is 398 g/mol. The summed E-state index contributed by atoms with van der Waals surface area (Å²) in [6.45, 7) is 0. The van der Waals surface area contributed by atoms with Gasteiger partial charge in [-0.25, -0.2) is 4.79 Å². The Balaban J connectivity index is 2.04. The molecule has 0 atom stereocenters. The van der Waals surface area contributed by atoms with Gasteiger partial charge in [0.2, 0.25) is 0 Å². The van der Waals surface area contributed by atoms with E-state index < -0.39 is 23.3 Å².